The van der Waals surface area contributed by atoms with Gasteiger partial charge in [-0.1, -0.05) is 0 Å². The lowest BCUT2D eigenvalue weighted by molar-refractivity contribution is 0.480. The van der Waals surface area contributed by atoms with Crippen LogP contribution in [0.3, 0.4) is 0 Å². The van der Waals surface area contributed by atoms with Gasteiger partial charge in [0.2, 0.25) is 0 Å². The molecule has 1 aromatic carbocycles. The van der Waals surface area contributed by atoms with Crippen molar-refractivity contribution in [2.24, 2.45) is 0 Å². The fourth-order valence-electron chi connectivity index (χ4n) is 1.23. The molecule has 0 bridgehead atoms. The maximum absolute atomic E-state index is 10.9. The zero-order valence-corrected chi connectivity index (χ0v) is 7.00. The van der Waals surface area contributed by atoms with Gasteiger partial charge in [-0.05, 0) is 6.07 Å². The molecule has 0 aliphatic rings. The zero-order chi connectivity index (χ0) is 10.3. The van der Waals surface area contributed by atoms with Gasteiger partial charge in [-0.2, -0.15) is 0 Å². The quantitative estimate of drug-likeness (QED) is 0.334. The molecule has 0 atom stereocenters. The van der Waals surface area contributed by atoms with Crippen molar-refractivity contribution in [3.8, 4) is 5.75 Å². The van der Waals surface area contributed by atoms with E-state index in [4.69, 9.17) is 5.73 Å². The number of anilines is 1. The molecular formula is C8H7N3O3. The van der Waals surface area contributed by atoms with Crippen molar-refractivity contribution >= 4 is 16.7 Å². The Morgan fingerprint density at radius 3 is 2.50 bits per heavy atom. The molecule has 6 heteroatoms. The summed E-state index contributed by atoms with van der Waals surface area (Å²) >= 11 is 0. The van der Waals surface area contributed by atoms with Crippen LogP contribution in [0.4, 0.5) is 5.69 Å². The van der Waals surface area contributed by atoms with Crippen molar-refractivity contribution in [2.75, 3.05) is 5.73 Å². The monoisotopic (exact) mass is 193 g/mol. The number of fused-ring (bicyclic) bond motifs is 1. The summed E-state index contributed by atoms with van der Waals surface area (Å²) in [6.45, 7) is 0. The number of nitrogens with one attached hydrogen (secondary N) is 2. The molecule has 2 rings (SSSR count). The second-order valence-electron chi connectivity index (χ2n) is 2.87. The molecule has 0 saturated carbocycles. The van der Waals surface area contributed by atoms with Crippen LogP contribution in [0.2, 0.25) is 0 Å². The SMILES string of the molecule is Nc1cc(O)c2[nH]c(=O)c(=O)[nH]c2c1. The number of aromatic amines is 2. The summed E-state index contributed by atoms with van der Waals surface area (Å²) in [7, 11) is 0. The molecule has 1 heterocycles. The minimum absolute atomic E-state index is 0.170. The first-order valence-electron chi connectivity index (χ1n) is 3.83. The summed E-state index contributed by atoms with van der Waals surface area (Å²) in [6.07, 6.45) is 0. The van der Waals surface area contributed by atoms with Crippen LogP contribution in [0.1, 0.15) is 0 Å². The van der Waals surface area contributed by atoms with Crippen molar-refractivity contribution < 1.29 is 5.11 Å². The first-order chi connectivity index (χ1) is 6.58. The predicted octanol–water partition coefficient (Wildman–Crippen LogP) is -0.496. The Balaban J connectivity index is 3.03. The van der Waals surface area contributed by atoms with Gasteiger partial charge >= 0.3 is 11.1 Å². The number of hydrogen-bond donors (Lipinski definition) is 4. The standard InChI is InChI=1S/C8H7N3O3/c9-3-1-4-6(5(12)2-3)11-8(14)7(13)10-4/h1-2,12H,9H2,(H,10,13)(H,11,14). The fourth-order valence-corrected chi connectivity index (χ4v) is 1.23. The second kappa shape index (κ2) is 2.63. The minimum Gasteiger partial charge on any atom is -0.506 e. The van der Waals surface area contributed by atoms with E-state index in [1.165, 1.54) is 12.1 Å². The number of nitrogen functional groups attached to an aromatic ring is 1. The molecule has 0 aliphatic heterocycles. The molecule has 6 nitrogen and oxygen atoms in total. The molecule has 0 saturated heterocycles. The van der Waals surface area contributed by atoms with Gasteiger partial charge < -0.3 is 20.8 Å². The van der Waals surface area contributed by atoms with Crippen LogP contribution in [0.5, 0.6) is 5.75 Å². The Morgan fingerprint density at radius 1 is 1.14 bits per heavy atom. The van der Waals surface area contributed by atoms with Crippen molar-refractivity contribution in [3.05, 3.63) is 32.8 Å². The molecule has 0 spiro atoms. The maximum atomic E-state index is 10.9. The van der Waals surface area contributed by atoms with Gasteiger partial charge in [-0.25, -0.2) is 0 Å². The largest absolute Gasteiger partial charge is 0.506 e. The van der Waals surface area contributed by atoms with E-state index in [2.05, 4.69) is 9.97 Å². The van der Waals surface area contributed by atoms with Gasteiger partial charge in [0.15, 0.2) is 0 Å². The van der Waals surface area contributed by atoms with E-state index in [0.717, 1.165) is 0 Å². The topological polar surface area (TPSA) is 112 Å². The van der Waals surface area contributed by atoms with E-state index in [-0.39, 0.29) is 11.3 Å². The number of aromatic nitrogens is 2. The smallest absolute Gasteiger partial charge is 0.314 e. The van der Waals surface area contributed by atoms with Gasteiger partial charge in [0.05, 0.1) is 5.52 Å². The Kier molecular flexibility index (Phi) is 1.57. The van der Waals surface area contributed by atoms with Crippen LogP contribution in [0, 0.1) is 0 Å². The predicted molar refractivity (Wildman–Crippen MR) is 51.3 cm³/mol. The van der Waals surface area contributed by atoms with Crippen molar-refractivity contribution in [1.82, 2.24) is 9.97 Å². The summed E-state index contributed by atoms with van der Waals surface area (Å²) < 4.78 is 0. The highest BCUT2D eigenvalue weighted by Gasteiger charge is 2.04. The van der Waals surface area contributed by atoms with Crippen molar-refractivity contribution in [2.45, 2.75) is 0 Å². The molecule has 0 fully saturated rings. The number of rotatable bonds is 0. The third-order valence-electron chi connectivity index (χ3n) is 1.83. The lowest BCUT2D eigenvalue weighted by Gasteiger charge is -2.01. The number of phenols is 1. The number of H-pyrrole nitrogens is 2. The number of nitrogens with two attached hydrogens (primary N) is 1. The van der Waals surface area contributed by atoms with Gasteiger partial charge in [0.1, 0.15) is 11.3 Å². The lowest BCUT2D eigenvalue weighted by atomic mass is 10.2. The Bertz CT molecular complexity index is 611. The summed E-state index contributed by atoms with van der Waals surface area (Å²) in [6, 6.07) is 2.74. The first-order valence-corrected chi connectivity index (χ1v) is 3.83. The maximum Gasteiger partial charge on any atom is 0.314 e. The van der Waals surface area contributed by atoms with Crippen LogP contribution in [0.25, 0.3) is 11.0 Å². The highest BCUT2D eigenvalue weighted by Crippen LogP contribution is 2.22. The molecule has 72 valence electrons. The highest BCUT2D eigenvalue weighted by atomic mass is 16.3. The first kappa shape index (κ1) is 8.36. The Labute approximate surface area is 77.0 Å². The third kappa shape index (κ3) is 1.13. The molecule has 0 radical (unpaired) electrons. The summed E-state index contributed by atoms with van der Waals surface area (Å²) in [5.74, 6) is -0.173. The number of hydrogen-bond acceptors (Lipinski definition) is 4. The third-order valence-corrected chi connectivity index (χ3v) is 1.83. The molecule has 0 aliphatic carbocycles. The molecule has 2 aromatic rings. The van der Waals surface area contributed by atoms with E-state index in [0.29, 0.717) is 11.2 Å². The second-order valence-corrected chi connectivity index (χ2v) is 2.87. The van der Waals surface area contributed by atoms with E-state index in [1.807, 2.05) is 0 Å². The van der Waals surface area contributed by atoms with Crippen LogP contribution in [-0.2, 0) is 0 Å². The van der Waals surface area contributed by atoms with E-state index in [9.17, 15) is 14.7 Å². The molecular weight excluding hydrogens is 186 g/mol. The van der Waals surface area contributed by atoms with E-state index in [1.54, 1.807) is 0 Å². The highest BCUT2D eigenvalue weighted by molar-refractivity contribution is 5.83. The fraction of sp³-hybridized carbons (Fsp3) is 0. The van der Waals surface area contributed by atoms with Crippen molar-refractivity contribution in [3.63, 3.8) is 0 Å². The van der Waals surface area contributed by atoms with Gasteiger partial charge in [-0.15, -0.1) is 0 Å². The molecule has 0 unspecified atom stereocenters. The number of phenolic OH excluding ortho intramolecular Hbond substituents is 1. The summed E-state index contributed by atoms with van der Waals surface area (Å²) in [4.78, 5) is 26.4. The number of aromatic hydroxyl groups is 1. The molecule has 5 N–H and O–H groups in total. The average Bonchev–Trinajstić information content (AvgIpc) is 2.08. The Morgan fingerprint density at radius 2 is 1.79 bits per heavy atom. The minimum atomic E-state index is -0.808. The van der Waals surface area contributed by atoms with Gasteiger partial charge in [0.25, 0.3) is 0 Å². The summed E-state index contributed by atoms with van der Waals surface area (Å²) in [5, 5.41) is 9.40. The van der Waals surface area contributed by atoms with Crippen LogP contribution < -0.4 is 16.9 Å². The molecule has 0 amide bonds. The average molecular weight is 193 g/mol. The lowest BCUT2D eigenvalue weighted by Crippen LogP contribution is -2.28. The van der Waals surface area contributed by atoms with Gasteiger partial charge in [0, 0.05) is 11.8 Å². The Hall–Kier alpha value is -2.24. The van der Waals surface area contributed by atoms with E-state index >= 15 is 0 Å². The van der Waals surface area contributed by atoms with Crippen LogP contribution in [-0.4, -0.2) is 15.1 Å². The van der Waals surface area contributed by atoms with E-state index < -0.39 is 11.1 Å². The summed E-state index contributed by atoms with van der Waals surface area (Å²) in [5.41, 5.74) is 4.63. The molecule has 14 heavy (non-hydrogen) atoms. The molecule has 1 aromatic heterocycles. The number of benzene rings is 1. The zero-order valence-electron chi connectivity index (χ0n) is 7.00. The van der Waals surface area contributed by atoms with Gasteiger partial charge in [-0.3, -0.25) is 9.59 Å². The van der Waals surface area contributed by atoms with Crippen LogP contribution in [0.15, 0.2) is 21.7 Å². The van der Waals surface area contributed by atoms with Crippen LogP contribution >= 0.6 is 0 Å². The van der Waals surface area contributed by atoms with Crippen molar-refractivity contribution in [1.29, 1.82) is 0 Å². The normalized spacial score (nSPS) is 10.6.